The molecule has 3 rings (SSSR count). The molecule has 0 aromatic carbocycles. The predicted molar refractivity (Wildman–Crippen MR) is 99.2 cm³/mol. The topological polar surface area (TPSA) is 71.9 Å². The normalized spacial score (nSPS) is 18.4. The molecular weight excluding hydrogens is 348 g/mol. The van der Waals surface area contributed by atoms with Crippen LogP contribution in [-0.2, 0) is 36.9 Å². The minimum Gasteiger partial charge on any atom is -0.377 e. The molecule has 7 nitrogen and oxygen atoms in total. The van der Waals surface area contributed by atoms with Gasteiger partial charge in [0, 0.05) is 0 Å². The maximum atomic E-state index is 5.64. The van der Waals surface area contributed by atoms with E-state index in [1.165, 1.54) is 0 Å². The van der Waals surface area contributed by atoms with Crippen LogP contribution in [-0.4, -0.2) is 62.8 Å². The van der Waals surface area contributed by atoms with Crippen molar-refractivity contribution in [3.63, 3.8) is 0 Å². The Hall–Kier alpha value is -1.90. The lowest BCUT2D eigenvalue weighted by atomic mass is 10.2. The van der Waals surface area contributed by atoms with Crippen molar-refractivity contribution >= 4 is 0 Å². The highest BCUT2D eigenvalue weighted by Gasteiger charge is 2.05. The fourth-order valence-electron chi connectivity index (χ4n) is 2.54. The van der Waals surface area contributed by atoms with Crippen molar-refractivity contribution in [2.24, 2.45) is 0 Å². The zero-order chi connectivity index (χ0) is 18.6. The molecule has 146 valence electrons. The largest absolute Gasteiger partial charge is 0.377 e. The standard InChI is InChI=1S/C20H26N2O5/c1-3-17-15-26-13-11-24-9-7-23-8-10-25-12-14-27-16-18-4-2-6-20(22-18)19(5-1)21-17/h1-6H,7-16H2. The van der Waals surface area contributed by atoms with Gasteiger partial charge in [-0.15, -0.1) is 0 Å². The number of ether oxygens (including phenoxy) is 5. The summed E-state index contributed by atoms with van der Waals surface area (Å²) in [6.07, 6.45) is 0. The molecule has 1 aliphatic heterocycles. The van der Waals surface area contributed by atoms with Gasteiger partial charge in [0.25, 0.3) is 0 Å². The summed E-state index contributed by atoms with van der Waals surface area (Å²) in [4.78, 5) is 9.28. The summed E-state index contributed by atoms with van der Waals surface area (Å²) < 4.78 is 27.7. The van der Waals surface area contributed by atoms with Crippen LogP contribution in [0.3, 0.4) is 0 Å². The summed E-state index contributed by atoms with van der Waals surface area (Å²) in [5.41, 5.74) is 3.37. The summed E-state index contributed by atoms with van der Waals surface area (Å²) in [6.45, 7) is 5.14. The van der Waals surface area contributed by atoms with Crippen LogP contribution in [0.25, 0.3) is 11.4 Å². The summed E-state index contributed by atoms with van der Waals surface area (Å²) in [6, 6.07) is 11.7. The summed E-state index contributed by atoms with van der Waals surface area (Å²) in [5.74, 6) is 0. The maximum absolute atomic E-state index is 5.64. The first-order valence-corrected chi connectivity index (χ1v) is 9.23. The third kappa shape index (κ3) is 7.32. The predicted octanol–water partition coefficient (Wildman–Crippen LogP) is 2.24. The molecule has 0 N–H and O–H groups in total. The molecule has 7 heteroatoms. The maximum Gasteiger partial charge on any atom is 0.0890 e. The van der Waals surface area contributed by atoms with Crippen LogP contribution in [0.4, 0.5) is 0 Å². The number of pyridine rings is 2. The van der Waals surface area contributed by atoms with E-state index in [0.717, 1.165) is 22.8 Å². The van der Waals surface area contributed by atoms with E-state index in [1.54, 1.807) is 0 Å². The van der Waals surface area contributed by atoms with Gasteiger partial charge in [0.05, 0.1) is 88.8 Å². The average Bonchev–Trinajstić information content (AvgIpc) is 2.71. The molecule has 2 aromatic rings. The lowest BCUT2D eigenvalue weighted by Gasteiger charge is -2.08. The summed E-state index contributed by atoms with van der Waals surface area (Å²) in [5, 5.41) is 0. The Morgan fingerprint density at radius 1 is 0.481 bits per heavy atom. The Bertz CT molecular complexity index is 625. The second kappa shape index (κ2) is 11.7. The van der Waals surface area contributed by atoms with E-state index < -0.39 is 0 Å². The summed E-state index contributed by atoms with van der Waals surface area (Å²) >= 11 is 0. The lowest BCUT2D eigenvalue weighted by Crippen LogP contribution is -2.13. The van der Waals surface area contributed by atoms with Gasteiger partial charge in [0.15, 0.2) is 0 Å². The third-order valence-electron chi connectivity index (χ3n) is 3.86. The van der Waals surface area contributed by atoms with Crippen molar-refractivity contribution in [2.45, 2.75) is 13.2 Å². The molecule has 0 saturated carbocycles. The molecule has 0 amide bonds. The van der Waals surface area contributed by atoms with E-state index >= 15 is 0 Å². The second-order valence-corrected chi connectivity index (χ2v) is 5.97. The van der Waals surface area contributed by atoms with Crippen molar-refractivity contribution in [1.29, 1.82) is 0 Å². The van der Waals surface area contributed by atoms with E-state index in [-0.39, 0.29) is 0 Å². The molecule has 2 aromatic heterocycles. The van der Waals surface area contributed by atoms with Crippen LogP contribution < -0.4 is 0 Å². The van der Waals surface area contributed by atoms with Crippen LogP contribution in [0.1, 0.15) is 11.4 Å². The van der Waals surface area contributed by atoms with Crippen molar-refractivity contribution in [1.82, 2.24) is 9.97 Å². The molecule has 4 bridgehead atoms. The van der Waals surface area contributed by atoms with Crippen LogP contribution in [0.15, 0.2) is 36.4 Å². The molecule has 0 unspecified atom stereocenters. The highest BCUT2D eigenvalue weighted by Crippen LogP contribution is 2.16. The molecule has 27 heavy (non-hydrogen) atoms. The van der Waals surface area contributed by atoms with E-state index in [1.807, 2.05) is 36.4 Å². The fraction of sp³-hybridized carbons (Fsp3) is 0.500. The SMILES string of the molecule is c1cc2nc(c1)-c1cccc(n1)COCCOCCOCCOCCOC2. The fourth-order valence-corrected chi connectivity index (χ4v) is 2.54. The van der Waals surface area contributed by atoms with Gasteiger partial charge in [-0.3, -0.25) is 0 Å². The van der Waals surface area contributed by atoms with Gasteiger partial charge in [-0.1, -0.05) is 12.1 Å². The smallest absolute Gasteiger partial charge is 0.0890 e. The number of aromatic nitrogens is 2. The quantitative estimate of drug-likeness (QED) is 0.700. The van der Waals surface area contributed by atoms with Crippen LogP contribution in [0, 0.1) is 0 Å². The Morgan fingerprint density at radius 2 is 0.852 bits per heavy atom. The van der Waals surface area contributed by atoms with Gasteiger partial charge in [0.2, 0.25) is 0 Å². The van der Waals surface area contributed by atoms with Crippen LogP contribution >= 0.6 is 0 Å². The van der Waals surface area contributed by atoms with Crippen molar-refractivity contribution < 1.29 is 23.7 Å². The minimum absolute atomic E-state index is 0.438. The zero-order valence-electron chi connectivity index (χ0n) is 15.5. The number of rotatable bonds is 0. The number of fused-ring (bicyclic) bond motifs is 5. The molecule has 0 saturated heterocycles. The molecule has 0 aliphatic carbocycles. The number of nitrogens with zero attached hydrogens (tertiary/aromatic N) is 2. The van der Waals surface area contributed by atoms with E-state index in [4.69, 9.17) is 23.7 Å². The first kappa shape index (κ1) is 19.9. The van der Waals surface area contributed by atoms with Crippen molar-refractivity contribution in [3.05, 3.63) is 47.8 Å². The van der Waals surface area contributed by atoms with E-state index in [2.05, 4.69) is 9.97 Å². The van der Waals surface area contributed by atoms with Crippen molar-refractivity contribution in [2.75, 3.05) is 52.9 Å². The number of hydrogen-bond donors (Lipinski definition) is 0. The Kier molecular flexibility index (Phi) is 8.63. The van der Waals surface area contributed by atoms with E-state index in [0.29, 0.717) is 66.1 Å². The third-order valence-corrected chi connectivity index (χ3v) is 3.86. The van der Waals surface area contributed by atoms with Crippen LogP contribution in [0.5, 0.6) is 0 Å². The van der Waals surface area contributed by atoms with Gasteiger partial charge >= 0.3 is 0 Å². The molecule has 0 atom stereocenters. The van der Waals surface area contributed by atoms with Gasteiger partial charge in [-0.25, -0.2) is 9.97 Å². The molecule has 0 radical (unpaired) electrons. The van der Waals surface area contributed by atoms with Crippen molar-refractivity contribution in [3.8, 4) is 11.4 Å². The highest BCUT2D eigenvalue weighted by atomic mass is 16.6. The molecule has 3 heterocycles. The minimum atomic E-state index is 0.438. The zero-order valence-corrected chi connectivity index (χ0v) is 15.5. The lowest BCUT2D eigenvalue weighted by molar-refractivity contribution is -0.0141. The Morgan fingerprint density at radius 3 is 1.26 bits per heavy atom. The van der Waals surface area contributed by atoms with E-state index in [9.17, 15) is 0 Å². The van der Waals surface area contributed by atoms with Crippen LogP contribution in [0.2, 0.25) is 0 Å². The monoisotopic (exact) mass is 374 g/mol. The molecule has 1 aliphatic rings. The highest BCUT2D eigenvalue weighted by molar-refractivity contribution is 5.54. The first-order chi connectivity index (χ1) is 13.4. The van der Waals surface area contributed by atoms with Gasteiger partial charge in [0.1, 0.15) is 0 Å². The molecule has 0 fully saturated rings. The molecule has 0 spiro atoms. The number of hydrogen-bond acceptors (Lipinski definition) is 7. The van der Waals surface area contributed by atoms with Gasteiger partial charge in [-0.05, 0) is 24.3 Å². The first-order valence-electron chi connectivity index (χ1n) is 9.23. The average molecular weight is 374 g/mol. The Balaban J connectivity index is 1.63. The Labute approximate surface area is 159 Å². The summed E-state index contributed by atoms with van der Waals surface area (Å²) in [7, 11) is 0. The second-order valence-electron chi connectivity index (χ2n) is 5.97. The molecular formula is C20H26N2O5. The van der Waals surface area contributed by atoms with Gasteiger partial charge < -0.3 is 23.7 Å². The van der Waals surface area contributed by atoms with Gasteiger partial charge in [-0.2, -0.15) is 0 Å².